The number of aldehydes is 1. The van der Waals surface area contributed by atoms with Crippen LogP contribution in [0.2, 0.25) is 0 Å². The molecule has 0 aromatic carbocycles. The fraction of sp³-hybridized carbons (Fsp3) is 0.667. The molecule has 0 aliphatic rings. The Hall–Kier alpha value is -0.630. The summed E-state index contributed by atoms with van der Waals surface area (Å²) in [7, 11) is 0. The molecule has 0 fully saturated rings. The Bertz CT molecular complexity index is 108. The molecule has 0 saturated heterocycles. The zero-order chi connectivity index (χ0) is 8.36. The summed E-state index contributed by atoms with van der Waals surface area (Å²) in [4.78, 5) is 9.80. The van der Waals surface area contributed by atoms with Gasteiger partial charge in [0.25, 0.3) is 0 Å². The van der Waals surface area contributed by atoms with Gasteiger partial charge in [0.2, 0.25) is 0 Å². The van der Waals surface area contributed by atoms with Gasteiger partial charge in [-0.2, -0.15) is 0 Å². The minimum absolute atomic E-state index is 0.558. The van der Waals surface area contributed by atoms with Crippen molar-refractivity contribution in [3.63, 3.8) is 0 Å². The van der Waals surface area contributed by atoms with Crippen molar-refractivity contribution in [3.8, 4) is 0 Å². The maximum Gasteiger partial charge on any atom is 0.142 e. The molecule has 0 aromatic heterocycles. The van der Waals surface area contributed by atoms with E-state index in [0.717, 1.165) is 19.3 Å². The SMILES string of the molecule is CCCCCOCC=CC=O. The van der Waals surface area contributed by atoms with Gasteiger partial charge in [-0.15, -0.1) is 0 Å². The van der Waals surface area contributed by atoms with Crippen molar-refractivity contribution in [3.05, 3.63) is 12.2 Å². The van der Waals surface area contributed by atoms with Gasteiger partial charge in [0.1, 0.15) is 6.29 Å². The van der Waals surface area contributed by atoms with Crippen LogP contribution in [0.15, 0.2) is 12.2 Å². The molecule has 2 heteroatoms. The monoisotopic (exact) mass is 156 g/mol. The Morgan fingerprint density at radius 3 is 2.82 bits per heavy atom. The molecule has 2 nitrogen and oxygen atoms in total. The minimum Gasteiger partial charge on any atom is -0.377 e. The highest BCUT2D eigenvalue weighted by molar-refractivity contribution is 5.64. The first kappa shape index (κ1) is 10.4. The number of carbonyl (C=O) groups is 1. The molecule has 0 amide bonds. The van der Waals surface area contributed by atoms with Gasteiger partial charge in [0.15, 0.2) is 0 Å². The van der Waals surface area contributed by atoms with Crippen molar-refractivity contribution >= 4 is 6.29 Å². The summed E-state index contributed by atoms with van der Waals surface area (Å²) < 4.78 is 5.19. The molecule has 0 atom stereocenters. The van der Waals surface area contributed by atoms with Crippen LogP contribution in [0.25, 0.3) is 0 Å². The maximum atomic E-state index is 9.80. The summed E-state index contributed by atoms with van der Waals surface area (Å²) in [5.41, 5.74) is 0. The minimum atomic E-state index is 0.558. The van der Waals surface area contributed by atoms with E-state index >= 15 is 0 Å². The molecule has 11 heavy (non-hydrogen) atoms. The van der Waals surface area contributed by atoms with E-state index in [1.807, 2.05) is 0 Å². The number of carbonyl (C=O) groups excluding carboxylic acids is 1. The molecule has 0 unspecified atom stereocenters. The van der Waals surface area contributed by atoms with Gasteiger partial charge in [0, 0.05) is 6.61 Å². The first-order chi connectivity index (χ1) is 5.41. The largest absolute Gasteiger partial charge is 0.377 e. The zero-order valence-corrected chi connectivity index (χ0v) is 7.08. The average Bonchev–Trinajstić information content (AvgIpc) is 2.03. The lowest BCUT2D eigenvalue weighted by Crippen LogP contribution is -1.93. The molecular formula is C9H16O2. The van der Waals surface area contributed by atoms with Crippen molar-refractivity contribution in [2.24, 2.45) is 0 Å². The average molecular weight is 156 g/mol. The van der Waals surface area contributed by atoms with Gasteiger partial charge < -0.3 is 4.74 Å². The highest BCUT2D eigenvalue weighted by Gasteiger charge is 1.84. The lowest BCUT2D eigenvalue weighted by atomic mass is 10.3. The third kappa shape index (κ3) is 9.37. The molecule has 0 spiro atoms. The summed E-state index contributed by atoms with van der Waals surface area (Å²) in [5, 5.41) is 0. The number of ether oxygens (including phenoxy) is 1. The Morgan fingerprint density at radius 2 is 2.18 bits per heavy atom. The quantitative estimate of drug-likeness (QED) is 0.320. The summed E-state index contributed by atoms with van der Waals surface area (Å²) in [6, 6.07) is 0. The standard InChI is InChI=1S/C9H16O2/c1-2-3-5-8-11-9-6-4-7-10/h4,6-7H,2-3,5,8-9H2,1H3. The predicted molar refractivity (Wildman–Crippen MR) is 45.5 cm³/mol. The molecule has 64 valence electrons. The van der Waals surface area contributed by atoms with E-state index in [9.17, 15) is 4.79 Å². The molecule has 0 aromatic rings. The van der Waals surface area contributed by atoms with Crippen LogP contribution in [0, 0.1) is 0 Å². The van der Waals surface area contributed by atoms with Gasteiger partial charge in [-0.05, 0) is 12.5 Å². The smallest absolute Gasteiger partial charge is 0.142 e. The Labute approximate surface area is 68.2 Å². The molecule has 0 rings (SSSR count). The van der Waals surface area contributed by atoms with E-state index in [2.05, 4.69) is 6.92 Å². The summed E-state index contributed by atoms with van der Waals surface area (Å²) in [6.07, 6.45) is 7.49. The predicted octanol–water partition coefficient (Wildman–Crippen LogP) is 1.95. The van der Waals surface area contributed by atoms with Crippen LogP contribution >= 0.6 is 0 Å². The van der Waals surface area contributed by atoms with Gasteiger partial charge in [0.05, 0.1) is 6.61 Å². The normalized spacial score (nSPS) is 10.6. The molecule has 0 heterocycles. The second-order valence-electron chi connectivity index (χ2n) is 2.35. The van der Waals surface area contributed by atoms with E-state index in [-0.39, 0.29) is 0 Å². The van der Waals surface area contributed by atoms with Crippen molar-refractivity contribution in [1.29, 1.82) is 0 Å². The van der Waals surface area contributed by atoms with Gasteiger partial charge in [-0.3, -0.25) is 4.79 Å². The summed E-state index contributed by atoms with van der Waals surface area (Å²) >= 11 is 0. The Balaban J connectivity index is 2.90. The third-order valence-corrected chi connectivity index (χ3v) is 1.32. The molecule has 0 radical (unpaired) electrons. The fourth-order valence-electron chi connectivity index (χ4n) is 0.717. The van der Waals surface area contributed by atoms with Crippen LogP contribution in [-0.4, -0.2) is 19.5 Å². The lowest BCUT2D eigenvalue weighted by molar-refractivity contribution is -0.104. The van der Waals surface area contributed by atoms with Crippen molar-refractivity contribution in [2.45, 2.75) is 26.2 Å². The first-order valence-corrected chi connectivity index (χ1v) is 4.10. The van der Waals surface area contributed by atoms with Crippen molar-refractivity contribution < 1.29 is 9.53 Å². The summed E-state index contributed by atoms with van der Waals surface area (Å²) in [6.45, 7) is 3.52. The molecule has 0 bridgehead atoms. The molecule has 0 aliphatic heterocycles. The van der Waals surface area contributed by atoms with E-state index in [0.29, 0.717) is 6.61 Å². The van der Waals surface area contributed by atoms with Crippen LogP contribution in [0.3, 0.4) is 0 Å². The fourth-order valence-corrected chi connectivity index (χ4v) is 0.717. The number of rotatable bonds is 7. The molecule has 0 saturated carbocycles. The van der Waals surface area contributed by atoms with Crippen molar-refractivity contribution in [2.75, 3.05) is 13.2 Å². The Morgan fingerprint density at radius 1 is 1.36 bits per heavy atom. The van der Waals surface area contributed by atoms with Crippen LogP contribution in [0.4, 0.5) is 0 Å². The van der Waals surface area contributed by atoms with Crippen LogP contribution in [0.1, 0.15) is 26.2 Å². The van der Waals surface area contributed by atoms with Gasteiger partial charge in [-0.25, -0.2) is 0 Å². The third-order valence-electron chi connectivity index (χ3n) is 1.32. The van der Waals surface area contributed by atoms with Crippen molar-refractivity contribution in [1.82, 2.24) is 0 Å². The number of hydrogen-bond acceptors (Lipinski definition) is 2. The van der Waals surface area contributed by atoms with E-state index in [1.54, 1.807) is 6.08 Å². The van der Waals surface area contributed by atoms with E-state index in [4.69, 9.17) is 4.74 Å². The zero-order valence-electron chi connectivity index (χ0n) is 7.08. The van der Waals surface area contributed by atoms with Gasteiger partial charge >= 0.3 is 0 Å². The lowest BCUT2D eigenvalue weighted by Gasteiger charge is -1.98. The maximum absolute atomic E-state index is 9.80. The Kier molecular flexibility index (Phi) is 8.83. The van der Waals surface area contributed by atoms with Gasteiger partial charge in [-0.1, -0.05) is 25.8 Å². The molecule has 0 N–H and O–H groups in total. The van der Waals surface area contributed by atoms with E-state index < -0.39 is 0 Å². The summed E-state index contributed by atoms with van der Waals surface area (Å²) in [5.74, 6) is 0. The second-order valence-corrected chi connectivity index (χ2v) is 2.35. The highest BCUT2D eigenvalue weighted by atomic mass is 16.5. The number of allylic oxidation sites excluding steroid dienone is 1. The first-order valence-electron chi connectivity index (χ1n) is 4.10. The van der Waals surface area contributed by atoms with Crippen LogP contribution in [0.5, 0.6) is 0 Å². The second kappa shape index (κ2) is 9.37. The van der Waals surface area contributed by atoms with E-state index in [1.165, 1.54) is 18.9 Å². The topological polar surface area (TPSA) is 26.3 Å². The van der Waals surface area contributed by atoms with Crippen LogP contribution in [-0.2, 0) is 9.53 Å². The number of unbranched alkanes of at least 4 members (excludes halogenated alkanes) is 2. The highest BCUT2D eigenvalue weighted by Crippen LogP contribution is 1.93. The molecule has 0 aliphatic carbocycles. The number of hydrogen-bond donors (Lipinski definition) is 0. The molecular weight excluding hydrogens is 140 g/mol. The van der Waals surface area contributed by atoms with Crippen LogP contribution < -0.4 is 0 Å².